The van der Waals surface area contributed by atoms with Crippen LogP contribution in [0.1, 0.15) is 0 Å². The third-order valence-corrected chi connectivity index (χ3v) is 4.30. The van der Waals surface area contributed by atoms with E-state index in [4.69, 9.17) is 10.2 Å². The summed E-state index contributed by atoms with van der Waals surface area (Å²) in [5.41, 5.74) is 0. The van der Waals surface area contributed by atoms with Crippen molar-refractivity contribution in [2.75, 3.05) is 17.3 Å². The zero-order valence-electron chi connectivity index (χ0n) is 5.90. The Bertz CT molecular complexity index is 145. The van der Waals surface area contributed by atoms with Gasteiger partial charge in [0.05, 0.1) is 5.25 Å². The molecule has 1 saturated heterocycles. The molecule has 0 saturated carbocycles. The summed E-state index contributed by atoms with van der Waals surface area (Å²) < 4.78 is 0. The van der Waals surface area contributed by atoms with E-state index in [1.54, 1.807) is 23.5 Å². The maximum atomic E-state index is 10.3. The second-order valence-electron chi connectivity index (χ2n) is 2.27. The lowest BCUT2D eigenvalue weighted by Crippen LogP contribution is -2.35. The number of hydrogen-bond acceptors (Lipinski definition) is 4. The Hall–Kier alpha value is 0.130. The van der Waals surface area contributed by atoms with Gasteiger partial charge in [-0.15, -0.1) is 0 Å². The smallest absolute Gasteiger partial charge is 0.333 e. The third kappa shape index (κ3) is 2.57. The first-order valence-corrected chi connectivity index (χ1v) is 5.52. The molecule has 11 heavy (non-hydrogen) atoms. The predicted octanol–water partition coefficient (Wildman–Crippen LogP) is 0.281. The topological polar surface area (TPSA) is 57.5 Å². The van der Waals surface area contributed by atoms with Gasteiger partial charge in [0, 0.05) is 17.3 Å². The number of aliphatic hydroxyl groups is 1. The molecule has 0 spiro atoms. The van der Waals surface area contributed by atoms with Crippen LogP contribution >= 0.6 is 23.5 Å². The molecule has 64 valence electrons. The lowest BCUT2D eigenvalue weighted by Gasteiger charge is -2.22. The minimum Gasteiger partial charge on any atom is -0.479 e. The fraction of sp³-hybridized carbons (Fsp3) is 0.833. The normalized spacial score (nSPS) is 27.9. The molecule has 5 heteroatoms. The molecule has 0 aromatic carbocycles. The molecule has 2 atom stereocenters. The van der Waals surface area contributed by atoms with Gasteiger partial charge in [-0.3, -0.25) is 0 Å². The van der Waals surface area contributed by atoms with Crippen molar-refractivity contribution < 1.29 is 15.0 Å². The molecule has 1 heterocycles. The summed E-state index contributed by atoms with van der Waals surface area (Å²) in [6.07, 6.45) is -1.19. The average molecular weight is 194 g/mol. The number of carboxylic acids is 1. The van der Waals surface area contributed by atoms with Crippen molar-refractivity contribution >= 4 is 29.5 Å². The van der Waals surface area contributed by atoms with Crippen molar-refractivity contribution in [1.29, 1.82) is 0 Å². The standard InChI is InChI=1S/C6H10O3S2/c7-5(6(8)9)4-3-10-1-2-11-4/h4-5,7H,1-3H2,(H,8,9). The van der Waals surface area contributed by atoms with E-state index in [-0.39, 0.29) is 5.25 Å². The van der Waals surface area contributed by atoms with Gasteiger partial charge in [-0.25, -0.2) is 4.79 Å². The van der Waals surface area contributed by atoms with E-state index in [0.29, 0.717) is 0 Å². The van der Waals surface area contributed by atoms with Crippen LogP contribution in [0.25, 0.3) is 0 Å². The highest BCUT2D eigenvalue weighted by Crippen LogP contribution is 2.26. The molecule has 1 fully saturated rings. The molecule has 3 nitrogen and oxygen atoms in total. The fourth-order valence-corrected chi connectivity index (χ4v) is 3.56. The van der Waals surface area contributed by atoms with E-state index in [0.717, 1.165) is 17.3 Å². The van der Waals surface area contributed by atoms with Gasteiger partial charge >= 0.3 is 5.97 Å². The molecule has 0 aromatic heterocycles. The Morgan fingerprint density at radius 2 is 2.27 bits per heavy atom. The minimum atomic E-state index is -1.19. The van der Waals surface area contributed by atoms with Gasteiger partial charge in [-0.1, -0.05) is 0 Å². The number of rotatable bonds is 2. The highest BCUT2D eigenvalue weighted by Gasteiger charge is 2.27. The third-order valence-electron chi connectivity index (χ3n) is 1.45. The van der Waals surface area contributed by atoms with Crippen molar-refractivity contribution in [3.05, 3.63) is 0 Å². The van der Waals surface area contributed by atoms with Crippen LogP contribution in [0.5, 0.6) is 0 Å². The van der Waals surface area contributed by atoms with Crippen LogP contribution in [-0.4, -0.2) is 44.8 Å². The van der Waals surface area contributed by atoms with E-state index in [2.05, 4.69) is 0 Å². The van der Waals surface area contributed by atoms with Gasteiger partial charge < -0.3 is 10.2 Å². The number of carboxylic acid groups (broad SMARTS) is 1. The number of aliphatic carboxylic acids is 1. The predicted molar refractivity (Wildman–Crippen MR) is 47.2 cm³/mol. The highest BCUT2D eigenvalue weighted by atomic mass is 32.2. The number of carbonyl (C=O) groups is 1. The molecule has 0 aromatic rings. The largest absolute Gasteiger partial charge is 0.479 e. The molecule has 1 rings (SSSR count). The van der Waals surface area contributed by atoms with Gasteiger partial charge in [-0.2, -0.15) is 23.5 Å². The lowest BCUT2D eigenvalue weighted by atomic mass is 10.3. The van der Waals surface area contributed by atoms with E-state index in [1.807, 2.05) is 0 Å². The summed E-state index contributed by atoms with van der Waals surface area (Å²) in [6, 6.07) is 0. The maximum Gasteiger partial charge on any atom is 0.333 e. The SMILES string of the molecule is O=C(O)C(O)C1CSCCS1. The van der Waals surface area contributed by atoms with Crippen LogP contribution in [0.4, 0.5) is 0 Å². The molecule has 2 unspecified atom stereocenters. The summed E-state index contributed by atoms with van der Waals surface area (Å²) >= 11 is 3.25. The second-order valence-corrected chi connectivity index (χ2v) is 4.76. The first kappa shape index (κ1) is 9.22. The van der Waals surface area contributed by atoms with E-state index in [9.17, 15) is 4.79 Å². The highest BCUT2D eigenvalue weighted by molar-refractivity contribution is 8.06. The Balaban J connectivity index is 2.38. The van der Waals surface area contributed by atoms with Gasteiger partial charge in [0.1, 0.15) is 0 Å². The molecule has 2 N–H and O–H groups in total. The Morgan fingerprint density at radius 1 is 1.55 bits per heavy atom. The van der Waals surface area contributed by atoms with Crippen molar-refractivity contribution in [2.45, 2.75) is 11.4 Å². The molecule has 0 bridgehead atoms. The van der Waals surface area contributed by atoms with Crippen LogP contribution in [0.3, 0.4) is 0 Å². The summed E-state index contributed by atoms with van der Waals surface area (Å²) in [7, 11) is 0. The quantitative estimate of drug-likeness (QED) is 0.661. The van der Waals surface area contributed by atoms with Crippen molar-refractivity contribution in [2.24, 2.45) is 0 Å². The van der Waals surface area contributed by atoms with Crippen LogP contribution in [-0.2, 0) is 4.79 Å². The zero-order valence-corrected chi connectivity index (χ0v) is 7.53. The summed E-state index contributed by atoms with van der Waals surface area (Å²) in [4.78, 5) is 10.3. The number of thioether (sulfide) groups is 2. The summed E-state index contributed by atoms with van der Waals surface area (Å²) in [6.45, 7) is 0. The van der Waals surface area contributed by atoms with Gasteiger partial charge in [0.25, 0.3) is 0 Å². The average Bonchev–Trinajstić information content (AvgIpc) is 2.05. The van der Waals surface area contributed by atoms with Gasteiger partial charge in [0.2, 0.25) is 0 Å². The summed E-state index contributed by atoms with van der Waals surface area (Å²) in [5.74, 6) is 1.65. The van der Waals surface area contributed by atoms with Gasteiger partial charge in [-0.05, 0) is 0 Å². The Kier molecular flexibility index (Phi) is 3.54. The van der Waals surface area contributed by atoms with Crippen molar-refractivity contribution in [1.82, 2.24) is 0 Å². The monoisotopic (exact) mass is 194 g/mol. The minimum absolute atomic E-state index is 0.119. The van der Waals surface area contributed by atoms with Crippen molar-refractivity contribution in [3.63, 3.8) is 0 Å². The van der Waals surface area contributed by atoms with Crippen LogP contribution in [0.15, 0.2) is 0 Å². The molecule has 0 radical (unpaired) electrons. The van der Waals surface area contributed by atoms with Gasteiger partial charge in [0.15, 0.2) is 6.10 Å². The Labute approximate surface area is 73.6 Å². The zero-order chi connectivity index (χ0) is 8.27. The molecule has 1 aliphatic heterocycles. The van der Waals surface area contributed by atoms with Crippen LogP contribution < -0.4 is 0 Å². The lowest BCUT2D eigenvalue weighted by molar-refractivity contribution is -0.146. The molecular formula is C6H10O3S2. The van der Waals surface area contributed by atoms with Crippen LogP contribution in [0, 0.1) is 0 Å². The molecule has 0 aliphatic carbocycles. The Morgan fingerprint density at radius 3 is 2.73 bits per heavy atom. The first-order valence-electron chi connectivity index (χ1n) is 3.32. The van der Waals surface area contributed by atoms with E-state index < -0.39 is 12.1 Å². The molecular weight excluding hydrogens is 184 g/mol. The molecule has 0 amide bonds. The van der Waals surface area contributed by atoms with E-state index in [1.165, 1.54) is 0 Å². The first-order chi connectivity index (χ1) is 5.22. The second kappa shape index (κ2) is 4.23. The maximum absolute atomic E-state index is 10.3. The van der Waals surface area contributed by atoms with E-state index >= 15 is 0 Å². The number of aliphatic hydroxyl groups excluding tert-OH is 1. The van der Waals surface area contributed by atoms with Crippen LogP contribution in [0.2, 0.25) is 0 Å². The number of hydrogen-bond donors (Lipinski definition) is 2. The fourth-order valence-electron chi connectivity index (χ4n) is 0.847. The van der Waals surface area contributed by atoms with Crippen molar-refractivity contribution in [3.8, 4) is 0 Å². The molecule has 1 aliphatic rings. The summed E-state index contributed by atoms with van der Waals surface area (Å²) in [5, 5.41) is 17.5.